The molecule has 0 radical (unpaired) electrons. The predicted molar refractivity (Wildman–Crippen MR) is 102 cm³/mol. The van der Waals surface area contributed by atoms with Crippen LogP contribution >= 0.6 is 34.5 Å². The van der Waals surface area contributed by atoms with Crippen molar-refractivity contribution in [2.24, 2.45) is 4.99 Å². The predicted octanol–water partition coefficient (Wildman–Crippen LogP) is 4.39. The maximum Gasteiger partial charge on any atom is 0.279 e. The molecule has 0 aliphatic heterocycles. The van der Waals surface area contributed by atoms with Crippen LogP contribution in [0.2, 0.25) is 10.0 Å². The number of aromatic nitrogens is 1. The van der Waals surface area contributed by atoms with E-state index in [-0.39, 0.29) is 0 Å². The van der Waals surface area contributed by atoms with Gasteiger partial charge in [-0.3, -0.25) is 4.79 Å². The zero-order chi connectivity index (χ0) is 18.0. The van der Waals surface area contributed by atoms with Crippen LogP contribution in [-0.4, -0.2) is 17.6 Å². The van der Waals surface area contributed by atoms with Gasteiger partial charge in [0.2, 0.25) is 0 Å². The van der Waals surface area contributed by atoms with E-state index in [1.54, 1.807) is 13.2 Å². The quantitative estimate of drug-likeness (QED) is 0.622. The fraction of sp³-hybridized carbons (Fsp3) is 0.111. The molecule has 0 spiro atoms. The molecule has 0 N–H and O–H groups in total. The summed E-state index contributed by atoms with van der Waals surface area (Å²) in [6, 6.07) is 10.2. The van der Waals surface area contributed by atoms with Crippen molar-refractivity contribution in [1.29, 1.82) is 0 Å². The monoisotopic (exact) mass is 390 g/mol. The molecule has 1 aromatic heterocycles. The highest BCUT2D eigenvalue weighted by Crippen LogP contribution is 2.23. The minimum absolute atomic E-state index is 0.300. The van der Waals surface area contributed by atoms with Crippen molar-refractivity contribution in [3.63, 3.8) is 0 Å². The van der Waals surface area contributed by atoms with E-state index < -0.39 is 5.91 Å². The molecule has 0 saturated heterocycles. The van der Waals surface area contributed by atoms with Crippen LogP contribution in [0.15, 0.2) is 41.4 Å². The van der Waals surface area contributed by atoms with Gasteiger partial charge < -0.3 is 9.30 Å². The Bertz CT molecular complexity index is 1060. The maximum atomic E-state index is 12.5. The molecule has 1 amide bonds. The van der Waals surface area contributed by atoms with Crippen LogP contribution in [0.5, 0.6) is 5.75 Å². The smallest absolute Gasteiger partial charge is 0.279 e. The van der Waals surface area contributed by atoms with Gasteiger partial charge in [0.25, 0.3) is 5.91 Å². The first-order chi connectivity index (χ1) is 12.0. The Morgan fingerprint density at radius 2 is 2.00 bits per heavy atom. The number of halogens is 2. The first kappa shape index (κ1) is 17.6. The highest BCUT2D eigenvalue weighted by Gasteiger charge is 2.11. The third-order valence-electron chi connectivity index (χ3n) is 3.45. The van der Waals surface area contributed by atoms with Gasteiger partial charge in [-0.15, -0.1) is 6.42 Å². The molecule has 0 fully saturated rings. The topological polar surface area (TPSA) is 43.6 Å². The Hall–Kier alpha value is -2.26. The van der Waals surface area contributed by atoms with Gasteiger partial charge in [0.15, 0.2) is 4.80 Å². The lowest BCUT2D eigenvalue weighted by molar-refractivity contribution is 0.0998. The van der Waals surface area contributed by atoms with E-state index >= 15 is 0 Å². The first-order valence-corrected chi connectivity index (χ1v) is 8.75. The molecule has 1 heterocycles. The standard InChI is InChI=1S/C18H12Cl2N2O2S/c1-3-6-22-15-5-4-14(24-2)10-16(15)25-18(22)21-17(23)11-7-12(19)9-13(20)8-11/h1,4-5,7-10H,6H2,2H3. The highest BCUT2D eigenvalue weighted by molar-refractivity contribution is 7.16. The molecule has 4 nitrogen and oxygen atoms in total. The van der Waals surface area contributed by atoms with E-state index in [9.17, 15) is 4.79 Å². The first-order valence-electron chi connectivity index (χ1n) is 7.18. The number of carbonyl (C=O) groups is 1. The summed E-state index contributed by atoms with van der Waals surface area (Å²) in [6.45, 7) is 0.300. The number of hydrogen-bond donors (Lipinski definition) is 0. The number of benzene rings is 2. The summed E-state index contributed by atoms with van der Waals surface area (Å²) in [7, 11) is 1.60. The van der Waals surface area contributed by atoms with E-state index in [1.165, 1.54) is 23.5 Å². The average molecular weight is 391 g/mol. The second kappa shape index (κ2) is 7.32. The molecule has 3 rings (SSSR count). The Morgan fingerprint density at radius 1 is 1.28 bits per heavy atom. The zero-order valence-corrected chi connectivity index (χ0v) is 15.5. The molecule has 7 heteroatoms. The van der Waals surface area contributed by atoms with Crippen molar-refractivity contribution in [2.75, 3.05) is 7.11 Å². The fourth-order valence-electron chi connectivity index (χ4n) is 2.34. The van der Waals surface area contributed by atoms with Crippen LogP contribution in [0, 0.1) is 12.3 Å². The minimum Gasteiger partial charge on any atom is -0.497 e. The Morgan fingerprint density at radius 3 is 2.64 bits per heavy atom. The molecule has 0 saturated carbocycles. The Labute approximate surface area is 158 Å². The highest BCUT2D eigenvalue weighted by atomic mass is 35.5. The van der Waals surface area contributed by atoms with Gasteiger partial charge in [0.1, 0.15) is 5.75 Å². The van der Waals surface area contributed by atoms with Gasteiger partial charge in [-0.05, 0) is 36.4 Å². The van der Waals surface area contributed by atoms with Crippen molar-refractivity contribution in [2.45, 2.75) is 6.54 Å². The lowest BCUT2D eigenvalue weighted by atomic mass is 10.2. The summed E-state index contributed by atoms with van der Waals surface area (Å²) in [4.78, 5) is 17.2. The number of rotatable bonds is 3. The SMILES string of the molecule is C#CCn1c(=NC(=O)c2cc(Cl)cc(Cl)c2)sc2cc(OC)ccc21. The van der Waals surface area contributed by atoms with Crippen LogP contribution in [0.1, 0.15) is 10.4 Å². The van der Waals surface area contributed by atoms with Crippen LogP contribution < -0.4 is 9.54 Å². The van der Waals surface area contributed by atoms with Crippen LogP contribution in [0.3, 0.4) is 0 Å². The van der Waals surface area contributed by atoms with Gasteiger partial charge in [-0.2, -0.15) is 4.99 Å². The number of terminal acetylenes is 1. The molecule has 0 aliphatic rings. The van der Waals surface area contributed by atoms with Gasteiger partial charge in [0.05, 0.1) is 23.9 Å². The average Bonchev–Trinajstić information content (AvgIpc) is 2.91. The van der Waals surface area contributed by atoms with Crippen LogP contribution in [-0.2, 0) is 6.54 Å². The number of thiazole rings is 1. The van der Waals surface area contributed by atoms with Crippen molar-refractivity contribution in [3.8, 4) is 18.1 Å². The maximum absolute atomic E-state index is 12.5. The van der Waals surface area contributed by atoms with E-state index in [4.69, 9.17) is 34.4 Å². The van der Waals surface area contributed by atoms with E-state index in [0.717, 1.165) is 16.0 Å². The lowest BCUT2D eigenvalue weighted by Gasteiger charge is -2.02. The summed E-state index contributed by atoms with van der Waals surface area (Å²) in [5, 5.41) is 0.757. The zero-order valence-electron chi connectivity index (χ0n) is 13.1. The molecule has 25 heavy (non-hydrogen) atoms. The second-order valence-electron chi connectivity index (χ2n) is 5.08. The van der Waals surface area contributed by atoms with Gasteiger partial charge in [-0.1, -0.05) is 40.5 Å². The van der Waals surface area contributed by atoms with Gasteiger partial charge >= 0.3 is 0 Å². The van der Waals surface area contributed by atoms with Crippen molar-refractivity contribution >= 4 is 50.7 Å². The fourth-order valence-corrected chi connectivity index (χ4v) is 3.92. The molecule has 2 aromatic carbocycles. The summed E-state index contributed by atoms with van der Waals surface area (Å²) in [5.74, 6) is 2.87. The summed E-state index contributed by atoms with van der Waals surface area (Å²) in [5.41, 5.74) is 1.21. The Balaban J connectivity index is 2.16. The van der Waals surface area contributed by atoms with Crippen LogP contribution in [0.4, 0.5) is 0 Å². The van der Waals surface area contributed by atoms with Crippen LogP contribution in [0.25, 0.3) is 10.2 Å². The van der Waals surface area contributed by atoms with E-state index in [2.05, 4.69) is 10.9 Å². The molecule has 126 valence electrons. The van der Waals surface area contributed by atoms with Gasteiger partial charge in [0, 0.05) is 15.6 Å². The molecule has 0 atom stereocenters. The Kier molecular flexibility index (Phi) is 5.14. The molecular formula is C18H12Cl2N2O2S. The number of methoxy groups -OCH3 is 1. The molecule has 0 bridgehead atoms. The number of ether oxygens (including phenoxy) is 1. The number of hydrogen-bond acceptors (Lipinski definition) is 3. The second-order valence-corrected chi connectivity index (χ2v) is 6.97. The summed E-state index contributed by atoms with van der Waals surface area (Å²) >= 11 is 13.3. The van der Waals surface area contributed by atoms with Crippen molar-refractivity contribution < 1.29 is 9.53 Å². The van der Waals surface area contributed by atoms with Crippen molar-refractivity contribution in [1.82, 2.24) is 4.57 Å². The number of carbonyl (C=O) groups excluding carboxylic acids is 1. The minimum atomic E-state index is -0.436. The summed E-state index contributed by atoms with van der Waals surface area (Å²) < 4.78 is 7.97. The molecular weight excluding hydrogens is 379 g/mol. The largest absolute Gasteiger partial charge is 0.497 e. The number of amides is 1. The molecule has 0 aliphatic carbocycles. The number of fused-ring (bicyclic) bond motifs is 1. The molecule has 0 unspecified atom stereocenters. The lowest BCUT2D eigenvalue weighted by Crippen LogP contribution is -2.16. The summed E-state index contributed by atoms with van der Waals surface area (Å²) in [6.07, 6.45) is 5.46. The van der Waals surface area contributed by atoms with Crippen molar-refractivity contribution in [3.05, 3.63) is 56.8 Å². The number of nitrogens with zero attached hydrogens (tertiary/aromatic N) is 2. The van der Waals surface area contributed by atoms with E-state index in [1.807, 2.05) is 22.8 Å². The third kappa shape index (κ3) is 3.72. The normalized spacial score (nSPS) is 11.5. The molecule has 3 aromatic rings. The van der Waals surface area contributed by atoms with Gasteiger partial charge in [-0.25, -0.2) is 0 Å². The third-order valence-corrected chi connectivity index (χ3v) is 4.92. The van der Waals surface area contributed by atoms with E-state index in [0.29, 0.717) is 27.0 Å².